The molecule has 1 aromatic carbocycles. The molecule has 0 saturated carbocycles. The van der Waals surface area contributed by atoms with Crippen molar-refractivity contribution in [2.45, 2.75) is 20.4 Å². The van der Waals surface area contributed by atoms with E-state index in [1.165, 1.54) is 18.2 Å². The van der Waals surface area contributed by atoms with Gasteiger partial charge >= 0.3 is 0 Å². The zero-order chi connectivity index (χ0) is 16.8. The molecule has 1 amide bonds. The van der Waals surface area contributed by atoms with Crippen molar-refractivity contribution in [3.63, 3.8) is 0 Å². The van der Waals surface area contributed by atoms with E-state index in [0.717, 1.165) is 24.5 Å². The summed E-state index contributed by atoms with van der Waals surface area (Å²) in [4.78, 5) is 18.7. The lowest BCUT2D eigenvalue weighted by molar-refractivity contribution is 0.0950. The molecule has 4 nitrogen and oxygen atoms in total. The number of benzene rings is 1. The molecule has 0 bridgehead atoms. The summed E-state index contributed by atoms with van der Waals surface area (Å²) in [7, 11) is 0. The molecule has 1 heterocycles. The standard InChI is InChI=1S/C17H19FIN3O/c1-3-22(4-2)16-8-5-12(10-20-16)11-21-17(23)14-7-6-13(18)9-15(14)19/h5-10H,3-4,11H2,1-2H3,(H,21,23). The van der Waals surface area contributed by atoms with Crippen molar-refractivity contribution in [3.05, 3.63) is 57.0 Å². The molecule has 0 unspecified atom stereocenters. The third kappa shape index (κ3) is 4.63. The third-order valence-corrected chi connectivity index (χ3v) is 4.42. The van der Waals surface area contributed by atoms with Crippen LogP contribution in [0.4, 0.5) is 10.2 Å². The molecule has 1 aromatic heterocycles. The predicted molar refractivity (Wildman–Crippen MR) is 98.1 cm³/mol. The van der Waals surface area contributed by atoms with E-state index in [1.54, 1.807) is 6.20 Å². The van der Waals surface area contributed by atoms with Gasteiger partial charge in [0.1, 0.15) is 11.6 Å². The summed E-state index contributed by atoms with van der Waals surface area (Å²) in [5, 5.41) is 2.83. The molecule has 0 saturated heterocycles. The number of nitrogens with zero attached hydrogens (tertiary/aromatic N) is 2. The van der Waals surface area contributed by atoms with Gasteiger partial charge in [-0.05, 0) is 66.3 Å². The van der Waals surface area contributed by atoms with Crippen LogP contribution in [0.5, 0.6) is 0 Å². The Labute approximate surface area is 149 Å². The van der Waals surface area contributed by atoms with E-state index in [4.69, 9.17) is 0 Å². The van der Waals surface area contributed by atoms with Crippen LogP contribution in [0.15, 0.2) is 36.5 Å². The van der Waals surface area contributed by atoms with Gasteiger partial charge < -0.3 is 10.2 Å². The van der Waals surface area contributed by atoms with Crippen molar-refractivity contribution in [2.24, 2.45) is 0 Å². The van der Waals surface area contributed by atoms with Gasteiger partial charge in [0, 0.05) is 29.4 Å². The molecule has 0 radical (unpaired) electrons. The van der Waals surface area contributed by atoms with E-state index >= 15 is 0 Å². The van der Waals surface area contributed by atoms with E-state index in [0.29, 0.717) is 15.7 Å². The summed E-state index contributed by atoms with van der Waals surface area (Å²) in [6.07, 6.45) is 1.77. The molecule has 6 heteroatoms. The minimum Gasteiger partial charge on any atom is -0.357 e. The fraction of sp³-hybridized carbons (Fsp3) is 0.294. The molecule has 0 aliphatic carbocycles. The SMILES string of the molecule is CCN(CC)c1ccc(CNC(=O)c2ccc(F)cc2I)cn1. The van der Waals surface area contributed by atoms with Gasteiger partial charge in [-0.2, -0.15) is 0 Å². The zero-order valence-corrected chi connectivity index (χ0v) is 15.3. The number of hydrogen-bond acceptors (Lipinski definition) is 3. The van der Waals surface area contributed by atoms with Gasteiger partial charge in [0.05, 0.1) is 5.56 Å². The highest BCUT2D eigenvalue weighted by Crippen LogP contribution is 2.14. The Bertz CT molecular complexity index is 672. The van der Waals surface area contributed by atoms with E-state index in [9.17, 15) is 9.18 Å². The summed E-state index contributed by atoms with van der Waals surface area (Å²) in [5.74, 6) is 0.363. The smallest absolute Gasteiger partial charge is 0.252 e. The van der Waals surface area contributed by atoms with Crippen molar-refractivity contribution in [3.8, 4) is 0 Å². The summed E-state index contributed by atoms with van der Waals surface area (Å²) in [6.45, 7) is 6.37. The molecule has 2 aromatic rings. The number of aromatic nitrogens is 1. The molecule has 0 spiro atoms. The first-order valence-electron chi connectivity index (χ1n) is 7.48. The first kappa shape index (κ1) is 17.7. The molecule has 122 valence electrons. The summed E-state index contributed by atoms with van der Waals surface area (Å²) < 4.78 is 13.7. The highest BCUT2D eigenvalue weighted by molar-refractivity contribution is 14.1. The molecular weight excluding hydrogens is 408 g/mol. The van der Waals surface area contributed by atoms with Gasteiger partial charge in [0.25, 0.3) is 5.91 Å². The topological polar surface area (TPSA) is 45.2 Å². The summed E-state index contributed by atoms with van der Waals surface area (Å²) in [5.41, 5.74) is 1.39. The van der Waals surface area contributed by atoms with Gasteiger partial charge in [-0.1, -0.05) is 6.07 Å². The van der Waals surface area contributed by atoms with Crippen LogP contribution in [0.2, 0.25) is 0 Å². The number of carbonyl (C=O) groups is 1. The number of nitrogens with one attached hydrogen (secondary N) is 1. The van der Waals surface area contributed by atoms with Crippen LogP contribution in [-0.4, -0.2) is 24.0 Å². The van der Waals surface area contributed by atoms with Gasteiger partial charge in [-0.25, -0.2) is 9.37 Å². The Balaban J connectivity index is 1.99. The summed E-state index contributed by atoms with van der Waals surface area (Å²) >= 11 is 1.96. The number of pyridine rings is 1. The second-order valence-corrected chi connectivity index (χ2v) is 6.17. The highest BCUT2D eigenvalue weighted by Gasteiger charge is 2.10. The molecule has 0 aliphatic heterocycles. The number of rotatable bonds is 6. The third-order valence-electron chi connectivity index (χ3n) is 3.53. The second kappa shape index (κ2) is 8.24. The summed E-state index contributed by atoms with van der Waals surface area (Å²) in [6, 6.07) is 8.04. The van der Waals surface area contributed by atoms with Crippen molar-refractivity contribution in [1.82, 2.24) is 10.3 Å². The van der Waals surface area contributed by atoms with Crippen molar-refractivity contribution < 1.29 is 9.18 Å². The Hall–Kier alpha value is -1.70. The van der Waals surface area contributed by atoms with Crippen molar-refractivity contribution in [1.29, 1.82) is 0 Å². The van der Waals surface area contributed by atoms with Crippen LogP contribution in [0.1, 0.15) is 29.8 Å². The zero-order valence-electron chi connectivity index (χ0n) is 13.1. The van der Waals surface area contributed by atoms with Crippen LogP contribution in [0.25, 0.3) is 0 Å². The van der Waals surface area contributed by atoms with E-state index in [-0.39, 0.29) is 11.7 Å². The Morgan fingerprint density at radius 2 is 2.00 bits per heavy atom. The van der Waals surface area contributed by atoms with Gasteiger partial charge in [0.2, 0.25) is 0 Å². The van der Waals surface area contributed by atoms with Crippen LogP contribution >= 0.6 is 22.6 Å². The first-order chi connectivity index (χ1) is 11.0. The second-order valence-electron chi connectivity index (χ2n) is 5.00. The van der Waals surface area contributed by atoms with Crippen molar-refractivity contribution in [2.75, 3.05) is 18.0 Å². The van der Waals surface area contributed by atoms with Crippen LogP contribution in [0, 0.1) is 9.39 Å². The number of halogens is 2. The lowest BCUT2D eigenvalue weighted by atomic mass is 10.2. The molecule has 2 rings (SSSR count). The van der Waals surface area contributed by atoms with E-state index < -0.39 is 0 Å². The minimum atomic E-state index is -0.345. The van der Waals surface area contributed by atoms with Crippen LogP contribution in [0.3, 0.4) is 0 Å². The van der Waals surface area contributed by atoms with Gasteiger partial charge in [0.15, 0.2) is 0 Å². The number of carbonyl (C=O) groups excluding carboxylic acids is 1. The van der Waals surface area contributed by atoms with E-state index in [1.807, 2.05) is 34.7 Å². The molecule has 0 fully saturated rings. The average Bonchev–Trinajstić information content (AvgIpc) is 2.55. The fourth-order valence-corrected chi connectivity index (χ4v) is 2.93. The first-order valence-corrected chi connectivity index (χ1v) is 8.56. The highest BCUT2D eigenvalue weighted by atomic mass is 127. The monoisotopic (exact) mass is 427 g/mol. The maximum absolute atomic E-state index is 13.1. The molecular formula is C17H19FIN3O. The van der Waals surface area contributed by atoms with Crippen LogP contribution in [-0.2, 0) is 6.54 Å². The largest absolute Gasteiger partial charge is 0.357 e. The van der Waals surface area contributed by atoms with Gasteiger partial charge in [-0.15, -0.1) is 0 Å². The Morgan fingerprint density at radius 1 is 1.26 bits per heavy atom. The average molecular weight is 427 g/mol. The quantitative estimate of drug-likeness (QED) is 0.717. The Morgan fingerprint density at radius 3 is 2.57 bits per heavy atom. The van der Waals surface area contributed by atoms with Crippen LogP contribution < -0.4 is 10.2 Å². The maximum atomic E-state index is 13.1. The fourth-order valence-electron chi connectivity index (χ4n) is 2.21. The normalized spacial score (nSPS) is 10.4. The Kier molecular flexibility index (Phi) is 6.32. The number of anilines is 1. The van der Waals surface area contributed by atoms with E-state index in [2.05, 4.69) is 29.0 Å². The van der Waals surface area contributed by atoms with Gasteiger partial charge in [-0.3, -0.25) is 4.79 Å². The maximum Gasteiger partial charge on any atom is 0.252 e. The number of hydrogen-bond donors (Lipinski definition) is 1. The van der Waals surface area contributed by atoms with Crippen molar-refractivity contribution >= 4 is 34.3 Å². The minimum absolute atomic E-state index is 0.220. The molecule has 0 atom stereocenters. The lowest BCUT2D eigenvalue weighted by Gasteiger charge is -2.19. The number of amides is 1. The molecule has 1 N–H and O–H groups in total. The molecule has 23 heavy (non-hydrogen) atoms. The lowest BCUT2D eigenvalue weighted by Crippen LogP contribution is -2.24. The predicted octanol–water partition coefficient (Wildman–Crippen LogP) is 3.60. The molecule has 0 aliphatic rings.